The molecule has 0 spiro atoms. The molecule has 0 aliphatic heterocycles. The van der Waals surface area contributed by atoms with E-state index in [-0.39, 0.29) is 0 Å². The summed E-state index contributed by atoms with van der Waals surface area (Å²) in [6.45, 7) is 6.55. The molecule has 0 saturated carbocycles. The maximum absolute atomic E-state index is 5.17. The Labute approximate surface area is 93.5 Å². The smallest absolute Gasteiger partial charge is 0.119 e. The molecule has 1 nitrogen and oxygen atoms in total. The minimum atomic E-state index is 0.812. The minimum Gasteiger partial charge on any atom is -0.497 e. The minimum absolute atomic E-state index is 0.812. The topological polar surface area (TPSA) is 9.23 Å². The van der Waals surface area contributed by atoms with Gasteiger partial charge in [0.1, 0.15) is 5.75 Å². The van der Waals surface area contributed by atoms with Crippen LogP contribution in [0.3, 0.4) is 0 Å². The maximum atomic E-state index is 5.17. The molecule has 2 rings (SSSR count). The van der Waals surface area contributed by atoms with Crippen molar-refractivity contribution in [3.63, 3.8) is 0 Å². The van der Waals surface area contributed by atoms with Crippen molar-refractivity contribution in [1.29, 1.82) is 0 Å². The lowest BCUT2D eigenvalue weighted by molar-refractivity contribution is 0.414. The van der Waals surface area contributed by atoms with E-state index in [1.54, 1.807) is 7.11 Å². The molecule has 0 saturated heterocycles. The first-order valence-corrected chi connectivity index (χ1v) is 5.87. The summed E-state index contributed by atoms with van der Waals surface area (Å²) in [5, 5.41) is 0. The highest BCUT2D eigenvalue weighted by Crippen LogP contribution is 2.29. The van der Waals surface area contributed by atoms with Crippen molar-refractivity contribution < 1.29 is 4.74 Å². The average molecular weight is 206 g/mol. The normalized spacial score (nSPS) is 17.7. The standard InChI is InChI=1S/C11H14O.C3H8/c1-8-5-9-3-4-11(12-2)7-10(9)6-8;1-3-2/h3-4,7-8H,5-6H2,1-2H3;3H2,1-2H3. The zero-order valence-corrected chi connectivity index (χ0v) is 10.3. The summed E-state index contributed by atoms with van der Waals surface area (Å²) in [5.41, 5.74) is 2.98. The number of benzene rings is 1. The molecule has 1 unspecified atom stereocenters. The van der Waals surface area contributed by atoms with Gasteiger partial charge in [-0.05, 0) is 42.0 Å². The number of rotatable bonds is 1. The predicted molar refractivity (Wildman–Crippen MR) is 65.5 cm³/mol. The molecule has 1 atom stereocenters. The van der Waals surface area contributed by atoms with E-state index in [0.717, 1.165) is 11.7 Å². The fourth-order valence-electron chi connectivity index (χ4n) is 1.94. The molecule has 0 radical (unpaired) electrons. The third-order valence-corrected chi connectivity index (χ3v) is 2.55. The quantitative estimate of drug-likeness (QED) is 0.678. The number of ether oxygens (including phenoxy) is 1. The van der Waals surface area contributed by atoms with Gasteiger partial charge >= 0.3 is 0 Å². The fraction of sp³-hybridized carbons (Fsp3) is 0.571. The molecule has 0 fully saturated rings. The van der Waals surface area contributed by atoms with Crippen LogP contribution in [0, 0.1) is 5.92 Å². The number of methoxy groups -OCH3 is 1. The first-order valence-electron chi connectivity index (χ1n) is 5.87. The van der Waals surface area contributed by atoms with Crippen LogP contribution < -0.4 is 4.74 Å². The van der Waals surface area contributed by atoms with Crippen molar-refractivity contribution in [2.75, 3.05) is 7.11 Å². The van der Waals surface area contributed by atoms with E-state index >= 15 is 0 Å². The maximum Gasteiger partial charge on any atom is 0.119 e. The Morgan fingerprint density at radius 2 is 1.80 bits per heavy atom. The van der Waals surface area contributed by atoms with E-state index in [4.69, 9.17) is 4.74 Å². The predicted octanol–water partition coefficient (Wildman–Crippen LogP) is 3.85. The molecule has 0 heterocycles. The van der Waals surface area contributed by atoms with E-state index in [1.165, 1.54) is 30.4 Å². The van der Waals surface area contributed by atoms with Gasteiger partial charge in [0.15, 0.2) is 0 Å². The lowest BCUT2D eigenvalue weighted by atomic mass is 10.1. The molecule has 0 N–H and O–H groups in total. The first-order chi connectivity index (χ1) is 7.21. The van der Waals surface area contributed by atoms with E-state index in [2.05, 4.69) is 39.0 Å². The largest absolute Gasteiger partial charge is 0.497 e. The molecule has 0 aromatic heterocycles. The van der Waals surface area contributed by atoms with Crippen LogP contribution in [0.25, 0.3) is 0 Å². The van der Waals surface area contributed by atoms with Gasteiger partial charge in [0.25, 0.3) is 0 Å². The Morgan fingerprint density at radius 1 is 1.20 bits per heavy atom. The second-order valence-electron chi connectivity index (χ2n) is 4.36. The van der Waals surface area contributed by atoms with Crippen LogP contribution in [-0.4, -0.2) is 7.11 Å². The third kappa shape index (κ3) is 3.26. The van der Waals surface area contributed by atoms with Crippen LogP contribution in [0.5, 0.6) is 5.75 Å². The van der Waals surface area contributed by atoms with Gasteiger partial charge in [0.2, 0.25) is 0 Å². The van der Waals surface area contributed by atoms with Gasteiger partial charge in [-0.25, -0.2) is 0 Å². The average Bonchev–Trinajstić information content (AvgIpc) is 2.57. The molecular weight excluding hydrogens is 184 g/mol. The van der Waals surface area contributed by atoms with Crippen LogP contribution in [-0.2, 0) is 12.8 Å². The van der Waals surface area contributed by atoms with Gasteiger partial charge in [-0.3, -0.25) is 0 Å². The number of hydrogen-bond donors (Lipinski definition) is 0. The Hall–Kier alpha value is -0.980. The van der Waals surface area contributed by atoms with Gasteiger partial charge < -0.3 is 4.74 Å². The van der Waals surface area contributed by atoms with Gasteiger partial charge in [-0.15, -0.1) is 0 Å². The van der Waals surface area contributed by atoms with Crippen molar-refractivity contribution >= 4 is 0 Å². The fourth-order valence-corrected chi connectivity index (χ4v) is 1.94. The van der Waals surface area contributed by atoms with Crippen LogP contribution in [0.4, 0.5) is 0 Å². The van der Waals surface area contributed by atoms with E-state index < -0.39 is 0 Å². The van der Waals surface area contributed by atoms with Crippen molar-refractivity contribution in [2.45, 2.75) is 40.0 Å². The van der Waals surface area contributed by atoms with Crippen molar-refractivity contribution in [3.8, 4) is 5.75 Å². The monoisotopic (exact) mass is 206 g/mol. The molecule has 0 amide bonds. The molecular formula is C14H22O. The van der Waals surface area contributed by atoms with Crippen LogP contribution in [0.1, 0.15) is 38.3 Å². The van der Waals surface area contributed by atoms with Gasteiger partial charge in [-0.2, -0.15) is 0 Å². The van der Waals surface area contributed by atoms with Crippen LogP contribution in [0.15, 0.2) is 18.2 Å². The first kappa shape index (κ1) is 12.1. The second kappa shape index (κ2) is 5.79. The Balaban J connectivity index is 0.000000337. The molecule has 1 aliphatic rings. The lowest BCUT2D eigenvalue weighted by Gasteiger charge is -2.02. The van der Waals surface area contributed by atoms with Gasteiger partial charge in [-0.1, -0.05) is 33.3 Å². The molecule has 1 aromatic rings. The van der Waals surface area contributed by atoms with Crippen molar-refractivity contribution in [1.82, 2.24) is 0 Å². The van der Waals surface area contributed by atoms with Crippen LogP contribution >= 0.6 is 0 Å². The zero-order valence-electron chi connectivity index (χ0n) is 10.3. The van der Waals surface area contributed by atoms with Crippen LogP contribution in [0.2, 0.25) is 0 Å². The summed E-state index contributed by atoms with van der Waals surface area (Å²) < 4.78 is 5.17. The number of hydrogen-bond acceptors (Lipinski definition) is 1. The van der Waals surface area contributed by atoms with E-state index in [0.29, 0.717) is 0 Å². The Bertz CT molecular complexity index is 304. The summed E-state index contributed by atoms with van der Waals surface area (Å²) in [6.07, 6.45) is 3.70. The summed E-state index contributed by atoms with van der Waals surface area (Å²) in [7, 11) is 1.72. The molecule has 15 heavy (non-hydrogen) atoms. The molecule has 1 heteroatoms. The molecule has 1 aromatic carbocycles. The highest BCUT2D eigenvalue weighted by atomic mass is 16.5. The van der Waals surface area contributed by atoms with E-state index in [9.17, 15) is 0 Å². The van der Waals surface area contributed by atoms with Gasteiger partial charge in [0.05, 0.1) is 7.11 Å². The van der Waals surface area contributed by atoms with E-state index in [1.807, 2.05) is 0 Å². The number of fused-ring (bicyclic) bond motifs is 1. The molecule has 0 bridgehead atoms. The SMILES string of the molecule is CCC.COc1ccc2c(c1)CC(C)C2. The highest BCUT2D eigenvalue weighted by Gasteiger charge is 2.17. The molecule has 1 aliphatic carbocycles. The summed E-state index contributed by atoms with van der Waals surface area (Å²) in [5.74, 6) is 1.80. The third-order valence-electron chi connectivity index (χ3n) is 2.55. The zero-order chi connectivity index (χ0) is 11.3. The Morgan fingerprint density at radius 3 is 2.40 bits per heavy atom. The molecule has 84 valence electrons. The second-order valence-corrected chi connectivity index (χ2v) is 4.36. The summed E-state index contributed by atoms with van der Waals surface area (Å²) in [6, 6.07) is 6.41. The van der Waals surface area contributed by atoms with Gasteiger partial charge in [0, 0.05) is 0 Å². The highest BCUT2D eigenvalue weighted by molar-refractivity contribution is 5.38. The lowest BCUT2D eigenvalue weighted by Crippen LogP contribution is -1.89. The Kier molecular flexibility index (Phi) is 4.67. The van der Waals surface area contributed by atoms with Crippen molar-refractivity contribution in [2.24, 2.45) is 5.92 Å². The summed E-state index contributed by atoms with van der Waals surface area (Å²) >= 11 is 0. The summed E-state index contributed by atoms with van der Waals surface area (Å²) in [4.78, 5) is 0. The van der Waals surface area contributed by atoms with Crippen molar-refractivity contribution in [3.05, 3.63) is 29.3 Å².